The van der Waals surface area contributed by atoms with Gasteiger partial charge in [-0.25, -0.2) is 9.98 Å². The van der Waals surface area contributed by atoms with Crippen LogP contribution in [-0.4, -0.2) is 17.4 Å². The lowest BCUT2D eigenvalue weighted by atomic mass is 9.96. The maximum Gasteiger partial charge on any atom is 0.178 e. The Labute approximate surface area is 274 Å². The number of hydrogen-bond donors (Lipinski definition) is 1. The molecule has 6 aromatic carbocycles. The highest BCUT2D eigenvalue weighted by Crippen LogP contribution is 2.44. The Balaban J connectivity index is 1.13. The lowest BCUT2D eigenvalue weighted by Gasteiger charge is -2.23. The van der Waals surface area contributed by atoms with Crippen molar-refractivity contribution in [2.24, 2.45) is 15.0 Å². The fourth-order valence-corrected chi connectivity index (χ4v) is 8.14. The van der Waals surface area contributed by atoms with Gasteiger partial charge in [0.05, 0.1) is 12.1 Å². The summed E-state index contributed by atoms with van der Waals surface area (Å²) >= 11 is 1.83. The number of nitrogens with one attached hydrogen (secondary N) is 1. The monoisotopic (exact) mass is 622 g/mol. The summed E-state index contributed by atoms with van der Waals surface area (Å²) in [5.41, 5.74) is 6.96. The number of nitrogens with zero attached hydrogens (tertiary/aromatic N) is 3. The highest BCUT2D eigenvalue weighted by molar-refractivity contribution is 7.25. The van der Waals surface area contributed by atoms with E-state index in [0.717, 1.165) is 55.9 Å². The molecule has 0 aliphatic carbocycles. The Morgan fingerprint density at radius 3 is 2.38 bits per heavy atom. The third-order valence-corrected chi connectivity index (χ3v) is 10.3. The van der Waals surface area contributed by atoms with Crippen molar-refractivity contribution in [2.45, 2.75) is 12.7 Å². The molecular weight excluding hydrogens is 597 g/mol. The van der Waals surface area contributed by atoms with Crippen molar-refractivity contribution in [3.63, 3.8) is 0 Å². The molecule has 222 valence electrons. The van der Waals surface area contributed by atoms with Crippen molar-refractivity contribution in [3.05, 3.63) is 156 Å². The first-order valence-corrected chi connectivity index (χ1v) is 16.6. The zero-order valence-electron chi connectivity index (χ0n) is 25.1. The van der Waals surface area contributed by atoms with E-state index in [-0.39, 0.29) is 6.17 Å². The molecule has 6 heteroatoms. The Hall–Kier alpha value is -5.85. The summed E-state index contributed by atoms with van der Waals surface area (Å²) in [5.74, 6) is 2.23. The second kappa shape index (κ2) is 10.3. The normalized spacial score (nSPS) is 15.9. The highest BCUT2D eigenvalue weighted by atomic mass is 32.1. The molecule has 0 fully saturated rings. The van der Waals surface area contributed by atoms with E-state index in [9.17, 15) is 0 Å². The third-order valence-electron chi connectivity index (χ3n) is 9.19. The van der Waals surface area contributed by atoms with Crippen molar-refractivity contribution in [3.8, 4) is 11.1 Å². The topological polar surface area (TPSA) is 62.2 Å². The SMILES string of the molecule is c1ccc(C2N=C(C3=NCc4oc5c(-c6cccc7sc8ccccc8c67)cccc5c43)N=C(c3ccc4ccccc4c3)N2)cc1. The molecule has 8 aromatic rings. The van der Waals surface area contributed by atoms with Gasteiger partial charge in [0.2, 0.25) is 0 Å². The van der Waals surface area contributed by atoms with Gasteiger partial charge in [-0.05, 0) is 40.1 Å². The molecule has 0 amide bonds. The largest absolute Gasteiger partial charge is 0.458 e. The summed E-state index contributed by atoms with van der Waals surface area (Å²) in [6, 6.07) is 46.8. The second-order valence-electron chi connectivity index (χ2n) is 12.0. The molecule has 0 saturated heterocycles. The number of aliphatic imine (C=N–C) groups is 3. The van der Waals surface area contributed by atoms with Crippen molar-refractivity contribution >= 4 is 70.6 Å². The van der Waals surface area contributed by atoms with E-state index < -0.39 is 0 Å². The Morgan fingerprint density at radius 1 is 0.681 bits per heavy atom. The molecule has 1 atom stereocenters. The number of para-hydroxylation sites is 1. The zero-order chi connectivity index (χ0) is 30.9. The van der Waals surface area contributed by atoms with Crippen molar-refractivity contribution in [1.29, 1.82) is 0 Å². The predicted molar refractivity (Wildman–Crippen MR) is 195 cm³/mol. The van der Waals surface area contributed by atoms with Gasteiger partial charge in [-0.3, -0.25) is 4.99 Å². The second-order valence-corrected chi connectivity index (χ2v) is 13.0. The number of furan rings is 1. The molecule has 2 aliphatic heterocycles. The van der Waals surface area contributed by atoms with Gasteiger partial charge in [0.1, 0.15) is 29.1 Å². The van der Waals surface area contributed by atoms with Crippen LogP contribution in [0.25, 0.3) is 53.0 Å². The summed E-state index contributed by atoms with van der Waals surface area (Å²) in [6.07, 6.45) is -0.310. The Kier molecular flexibility index (Phi) is 5.80. The zero-order valence-corrected chi connectivity index (χ0v) is 26.0. The molecule has 4 heterocycles. The van der Waals surface area contributed by atoms with Crippen LogP contribution in [0.2, 0.25) is 0 Å². The van der Waals surface area contributed by atoms with Crippen molar-refractivity contribution in [1.82, 2.24) is 5.32 Å². The molecule has 5 nitrogen and oxygen atoms in total. The van der Waals surface area contributed by atoms with Gasteiger partial charge < -0.3 is 9.73 Å². The van der Waals surface area contributed by atoms with E-state index in [0.29, 0.717) is 12.4 Å². The van der Waals surface area contributed by atoms with Crippen molar-refractivity contribution < 1.29 is 4.42 Å². The fraction of sp³-hybridized carbons (Fsp3) is 0.0488. The molecule has 0 saturated carbocycles. The number of rotatable bonds is 4. The van der Waals surface area contributed by atoms with Crippen LogP contribution in [0, 0.1) is 0 Å². The maximum absolute atomic E-state index is 6.70. The average Bonchev–Trinajstić information content (AvgIpc) is 3.84. The maximum atomic E-state index is 6.70. The molecule has 0 spiro atoms. The van der Waals surface area contributed by atoms with Gasteiger partial charge in [0, 0.05) is 36.7 Å². The van der Waals surface area contributed by atoms with Crippen LogP contribution in [0.3, 0.4) is 0 Å². The molecule has 1 N–H and O–H groups in total. The Morgan fingerprint density at radius 2 is 1.45 bits per heavy atom. The number of hydrogen-bond acceptors (Lipinski definition) is 6. The fourth-order valence-electron chi connectivity index (χ4n) is 7.01. The number of thiophene rings is 1. The highest BCUT2D eigenvalue weighted by Gasteiger charge is 2.31. The number of benzene rings is 6. The van der Waals surface area contributed by atoms with E-state index in [1.165, 1.54) is 31.1 Å². The van der Waals surface area contributed by atoms with Crippen LogP contribution in [0.1, 0.15) is 28.6 Å². The van der Waals surface area contributed by atoms with Crippen LogP contribution in [0.4, 0.5) is 0 Å². The van der Waals surface area contributed by atoms with E-state index in [2.05, 4.69) is 121 Å². The minimum atomic E-state index is -0.310. The van der Waals surface area contributed by atoms with Gasteiger partial charge in [-0.15, -0.1) is 11.3 Å². The minimum absolute atomic E-state index is 0.310. The molecule has 2 aromatic heterocycles. The molecule has 0 radical (unpaired) electrons. The number of fused-ring (bicyclic) bond motifs is 7. The van der Waals surface area contributed by atoms with E-state index >= 15 is 0 Å². The summed E-state index contributed by atoms with van der Waals surface area (Å²) in [4.78, 5) is 15.3. The van der Waals surface area contributed by atoms with Crippen LogP contribution < -0.4 is 5.32 Å². The van der Waals surface area contributed by atoms with Gasteiger partial charge in [0.25, 0.3) is 0 Å². The van der Waals surface area contributed by atoms with Gasteiger partial charge in [0.15, 0.2) is 5.84 Å². The number of amidine groups is 2. The smallest absolute Gasteiger partial charge is 0.178 e. The van der Waals surface area contributed by atoms with Crippen LogP contribution in [-0.2, 0) is 6.54 Å². The van der Waals surface area contributed by atoms with Gasteiger partial charge in [-0.2, -0.15) is 0 Å². The molecule has 0 bridgehead atoms. The summed E-state index contributed by atoms with van der Waals surface area (Å²) < 4.78 is 9.25. The molecule has 47 heavy (non-hydrogen) atoms. The first-order valence-electron chi connectivity index (χ1n) is 15.8. The average molecular weight is 623 g/mol. The van der Waals surface area contributed by atoms with Crippen molar-refractivity contribution in [2.75, 3.05) is 0 Å². The van der Waals surface area contributed by atoms with Gasteiger partial charge >= 0.3 is 0 Å². The van der Waals surface area contributed by atoms with Crippen LogP contribution >= 0.6 is 11.3 Å². The Bertz CT molecular complexity index is 2640. The third kappa shape index (κ3) is 4.19. The summed E-state index contributed by atoms with van der Waals surface area (Å²) in [5, 5.41) is 9.53. The summed E-state index contributed by atoms with van der Waals surface area (Å²) in [6.45, 7) is 0.452. The summed E-state index contributed by atoms with van der Waals surface area (Å²) in [7, 11) is 0. The van der Waals surface area contributed by atoms with Crippen LogP contribution in [0.5, 0.6) is 0 Å². The lowest BCUT2D eigenvalue weighted by molar-refractivity contribution is 0.558. The lowest BCUT2D eigenvalue weighted by Crippen LogP contribution is -2.35. The molecule has 1 unspecified atom stereocenters. The molecular formula is C41H26N4OS. The minimum Gasteiger partial charge on any atom is -0.458 e. The first kappa shape index (κ1) is 26.4. The standard InChI is InChI=1S/C41H26N4OS/c1-2-11-25(12-3-1)39-43-40(27-21-20-24-10-4-5-13-26(24)22-27)45-41(44-39)37-36-31-17-8-16-29(38(31)46-32(36)23-42-37)28-15-9-19-34-35(28)30-14-6-7-18-33(30)47-34/h1-22,39H,23H2,(H,43,44,45). The molecule has 2 aliphatic rings. The van der Waals surface area contributed by atoms with E-state index in [1.54, 1.807) is 0 Å². The first-order chi connectivity index (χ1) is 23.3. The predicted octanol–water partition coefficient (Wildman–Crippen LogP) is 10.1. The van der Waals surface area contributed by atoms with E-state index in [4.69, 9.17) is 19.4 Å². The van der Waals surface area contributed by atoms with Crippen LogP contribution in [0.15, 0.2) is 153 Å². The van der Waals surface area contributed by atoms with E-state index in [1.807, 2.05) is 29.5 Å². The van der Waals surface area contributed by atoms with Gasteiger partial charge in [-0.1, -0.05) is 115 Å². The molecule has 10 rings (SSSR count). The quantitative estimate of drug-likeness (QED) is 0.212.